The van der Waals surface area contributed by atoms with Crippen LogP contribution < -0.4 is 10.6 Å². The van der Waals surface area contributed by atoms with Crippen LogP contribution in [0.4, 0.5) is 0 Å². The molecule has 0 bridgehead atoms. The molecular weight excluding hydrogens is 594 g/mol. The highest BCUT2D eigenvalue weighted by molar-refractivity contribution is 5.97. The molecule has 10 heteroatoms. The van der Waals surface area contributed by atoms with Crippen LogP contribution in [-0.4, -0.2) is 100 Å². The summed E-state index contributed by atoms with van der Waals surface area (Å²) >= 11 is 0. The van der Waals surface area contributed by atoms with Crippen molar-refractivity contribution in [2.75, 3.05) is 26.7 Å². The van der Waals surface area contributed by atoms with Crippen LogP contribution in [0.1, 0.15) is 99.1 Å². The summed E-state index contributed by atoms with van der Waals surface area (Å²) in [6.45, 7) is 16.9. The second-order valence-corrected chi connectivity index (χ2v) is 15.0. The van der Waals surface area contributed by atoms with Gasteiger partial charge in [0.2, 0.25) is 23.6 Å². The van der Waals surface area contributed by atoms with Gasteiger partial charge in [-0.1, -0.05) is 77.4 Å². The molecule has 2 fully saturated rings. The van der Waals surface area contributed by atoms with Gasteiger partial charge in [-0.3, -0.25) is 24.1 Å². The van der Waals surface area contributed by atoms with Gasteiger partial charge in [-0.05, 0) is 69.9 Å². The van der Waals surface area contributed by atoms with Gasteiger partial charge in [0.1, 0.15) is 12.1 Å². The van der Waals surface area contributed by atoms with Gasteiger partial charge < -0.3 is 25.5 Å². The average Bonchev–Trinajstić information content (AvgIpc) is 3.53. The SMILES string of the molecule is C/C(=C\[C@H](C(C)C)N(C)C(=O)[C@@H](NC(=O)C1CCCCN1C(C)C)C(C)(C)C)C(=O)N1CCC[C@H]1C(=O)N[C@H](CO)c1ccccc1. The van der Waals surface area contributed by atoms with E-state index in [0.717, 1.165) is 31.4 Å². The van der Waals surface area contributed by atoms with Crippen molar-refractivity contribution >= 4 is 23.6 Å². The molecule has 262 valence electrons. The Hall–Kier alpha value is -3.24. The number of nitrogens with zero attached hydrogens (tertiary/aromatic N) is 3. The molecule has 0 aromatic heterocycles. The van der Waals surface area contributed by atoms with Crippen LogP contribution in [0.2, 0.25) is 0 Å². The van der Waals surface area contributed by atoms with E-state index in [0.29, 0.717) is 25.0 Å². The van der Waals surface area contributed by atoms with Crippen LogP contribution in [0, 0.1) is 11.3 Å². The Morgan fingerprint density at radius 1 is 0.936 bits per heavy atom. The summed E-state index contributed by atoms with van der Waals surface area (Å²) < 4.78 is 0. The summed E-state index contributed by atoms with van der Waals surface area (Å²) in [5, 5.41) is 16.0. The van der Waals surface area contributed by atoms with Crippen LogP contribution in [0.5, 0.6) is 0 Å². The highest BCUT2D eigenvalue weighted by atomic mass is 16.3. The number of amides is 4. The van der Waals surface area contributed by atoms with Crippen LogP contribution in [0.3, 0.4) is 0 Å². The fraction of sp³-hybridized carbons (Fsp3) is 0.676. The van der Waals surface area contributed by atoms with E-state index >= 15 is 0 Å². The molecule has 1 unspecified atom stereocenters. The summed E-state index contributed by atoms with van der Waals surface area (Å²) in [6, 6.07) is 6.86. The number of carbonyl (C=O) groups is 4. The Labute approximate surface area is 282 Å². The van der Waals surface area contributed by atoms with Gasteiger partial charge >= 0.3 is 0 Å². The fourth-order valence-corrected chi connectivity index (χ4v) is 6.87. The molecule has 2 saturated heterocycles. The molecule has 0 radical (unpaired) electrons. The van der Waals surface area contributed by atoms with Crippen molar-refractivity contribution in [3.8, 4) is 0 Å². The second-order valence-electron chi connectivity index (χ2n) is 15.0. The van der Waals surface area contributed by atoms with Gasteiger partial charge in [-0.2, -0.15) is 0 Å². The third kappa shape index (κ3) is 9.66. The first kappa shape index (κ1) is 38.2. The van der Waals surface area contributed by atoms with Gasteiger partial charge in [-0.25, -0.2) is 0 Å². The number of likely N-dealkylation sites (tertiary alicyclic amines) is 2. The summed E-state index contributed by atoms with van der Waals surface area (Å²) in [5.74, 6) is -0.885. The van der Waals surface area contributed by atoms with E-state index in [4.69, 9.17) is 0 Å². The first-order chi connectivity index (χ1) is 22.1. The van der Waals surface area contributed by atoms with Crippen LogP contribution in [0.25, 0.3) is 0 Å². The van der Waals surface area contributed by atoms with Crippen LogP contribution >= 0.6 is 0 Å². The monoisotopic (exact) mass is 653 g/mol. The third-order valence-electron chi connectivity index (χ3n) is 9.66. The van der Waals surface area contributed by atoms with E-state index in [1.807, 2.05) is 71.0 Å². The maximum Gasteiger partial charge on any atom is 0.249 e. The molecule has 3 rings (SSSR count). The molecule has 1 aromatic carbocycles. The van der Waals surface area contributed by atoms with E-state index in [2.05, 4.69) is 29.4 Å². The molecule has 0 spiro atoms. The largest absolute Gasteiger partial charge is 0.394 e. The molecule has 5 atom stereocenters. The maximum atomic E-state index is 14.2. The molecule has 4 amide bonds. The van der Waals surface area contributed by atoms with E-state index in [1.165, 1.54) is 0 Å². The smallest absolute Gasteiger partial charge is 0.249 e. The van der Waals surface area contributed by atoms with Gasteiger partial charge in [-0.15, -0.1) is 0 Å². The summed E-state index contributed by atoms with van der Waals surface area (Å²) in [5.41, 5.74) is 0.705. The number of piperidine rings is 1. The lowest BCUT2D eigenvalue weighted by Crippen LogP contribution is -2.60. The zero-order valence-electron chi connectivity index (χ0n) is 30.1. The summed E-state index contributed by atoms with van der Waals surface area (Å²) in [6.07, 6.45) is 5.87. The number of hydrogen-bond acceptors (Lipinski definition) is 6. The first-order valence-corrected chi connectivity index (χ1v) is 17.4. The van der Waals surface area contributed by atoms with Crippen molar-refractivity contribution in [2.45, 2.75) is 124 Å². The van der Waals surface area contributed by atoms with Crippen LogP contribution in [0.15, 0.2) is 42.0 Å². The van der Waals surface area contributed by atoms with Crippen molar-refractivity contribution in [3.05, 3.63) is 47.5 Å². The Kier molecular flexibility index (Phi) is 13.6. The predicted molar refractivity (Wildman–Crippen MR) is 185 cm³/mol. The molecule has 0 saturated carbocycles. The second kappa shape index (κ2) is 16.7. The number of nitrogens with one attached hydrogen (secondary N) is 2. The van der Waals surface area contributed by atoms with E-state index in [-0.39, 0.29) is 48.2 Å². The fourth-order valence-electron chi connectivity index (χ4n) is 6.87. The van der Waals surface area contributed by atoms with Crippen molar-refractivity contribution in [2.24, 2.45) is 11.3 Å². The highest BCUT2D eigenvalue weighted by Crippen LogP contribution is 2.27. The number of carbonyl (C=O) groups excluding carboxylic acids is 4. The molecule has 10 nitrogen and oxygen atoms in total. The van der Waals surface area contributed by atoms with Crippen molar-refractivity contribution in [3.63, 3.8) is 0 Å². The number of likely N-dealkylation sites (N-methyl/N-ethyl adjacent to an activating group) is 1. The number of rotatable bonds is 12. The minimum absolute atomic E-state index is 0.0216. The predicted octanol–water partition coefficient (Wildman–Crippen LogP) is 4.05. The number of hydrogen-bond donors (Lipinski definition) is 3. The Morgan fingerprint density at radius 2 is 1.55 bits per heavy atom. The van der Waals surface area contributed by atoms with Crippen molar-refractivity contribution in [1.82, 2.24) is 25.3 Å². The highest BCUT2D eigenvalue weighted by Gasteiger charge is 2.40. The molecule has 3 N–H and O–H groups in total. The molecular formula is C37H59N5O5. The third-order valence-corrected chi connectivity index (χ3v) is 9.66. The lowest BCUT2D eigenvalue weighted by Gasteiger charge is -2.41. The minimum Gasteiger partial charge on any atom is -0.394 e. The molecule has 2 aliphatic rings. The lowest BCUT2D eigenvalue weighted by atomic mass is 9.84. The van der Waals surface area contributed by atoms with Gasteiger partial charge in [0.15, 0.2) is 0 Å². The van der Waals surface area contributed by atoms with Gasteiger partial charge in [0.05, 0.1) is 24.7 Å². The number of benzene rings is 1. The first-order valence-electron chi connectivity index (χ1n) is 17.4. The van der Waals surface area contributed by atoms with E-state index in [1.54, 1.807) is 23.8 Å². The normalized spacial score (nSPS) is 21.4. The lowest BCUT2D eigenvalue weighted by molar-refractivity contribution is -0.142. The van der Waals surface area contributed by atoms with Gasteiger partial charge in [0, 0.05) is 25.2 Å². The number of aliphatic hydroxyl groups is 1. The Balaban J connectivity index is 1.77. The molecule has 47 heavy (non-hydrogen) atoms. The van der Waals surface area contributed by atoms with Crippen LogP contribution in [-0.2, 0) is 19.2 Å². The van der Waals surface area contributed by atoms with Crippen molar-refractivity contribution in [1.29, 1.82) is 0 Å². The number of aliphatic hydroxyl groups excluding tert-OH is 1. The zero-order valence-corrected chi connectivity index (χ0v) is 30.1. The Bertz CT molecular complexity index is 1260. The molecule has 0 aliphatic carbocycles. The van der Waals surface area contributed by atoms with E-state index in [9.17, 15) is 24.3 Å². The average molecular weight is 654 g/mol. The van der Waals surface area contributed by atoms with Crippen molar-refractivity contribution < 1.29 is 24.3 Å². The summed E-state index contributed by atoms with van der Waals surface area (Å²) in [4.78, 5) is 60.4. The van der Waals surface area contributed by atoms with Gasteiger partial charge in [0.25, 0.3) is 0 Å². The molecule has 2 aliphatic heterocycles. The topological polar surface area (TPSA) is 122 Å². The zero-order chi connectivity index (χ0) is 35.1. The standard InChI is InChI=1S/C37H59N5O5/c1-24(2)31(40(9)36(47)32(37(6,7)8)39-34(45)29-18-13-14-20-41(29)25(3)4)22-26(5)35(46)42-21-15-19-30(42)33(44)38-28(23-43)27-16-11-10-12-17-27/h10-12,16-17,22,24-25,28-32,43H,13-15,18-21,23H2,1-9H3,(H,38,44)(H,39,45)/b26-22+/t28-,29?,30+,31-,32-/m1/s1. The maximum absolute atomic E-state index is 14.2. The Morgan fingerprint density at radius 3 is 2.13 bits per heavy atom. The molecule has 1 aromatic rings. The van der Waals surface area contributed by atoms with E-state index < -0.39 is 29.6 Å². The quantitative estimate of drug-likeness (QED) is 0.293. The summed E-state index contributed by atoms with van der Waals surface area (Å²) in [7, 11) is 1.73. The minimum atomic E-state index is -0.752. The molecule has 2 heterocycles.